The summed E-state index contributed by atoms with van der Waals surface area (Å²) in [5.41, 5.74) is 1.03. The summed E-state index contributed by atoms with van der Waals surface area (Å²) in [4.78, 5) is 32.9. The first-order valence-electron chi connectivity index (χ1n) is 9.22. The third-order valence-electron chi connectivity index (χ3n) is 4.55. The third kappa shape index (κ3) is 4.01. The van der Waals surface area contributed by atoms with E-state index in [2.05, 4.69) is 15.3 Å². The van der Waals surface area contributed by atoms with Crippen LogP contribution in [0, 0.1) is 0 Å². The van der Waals surface area contributed by atoms with Crippen molar-refractivity contribution in [1.82, 2.24) is 15.3 Å². The van der Waals surface area contributed by atoms with Gasteiger partial charge in [-0.2, -0.15) is 0 Å². The number of benzene rings is 2. The van der Waals surface area contributed by atoms with E-state index in [0.29, 0.717) is 22.4 Å². The van der Waals surface area contributed by atoms with Crippen LogP contribution in [0.3, 0.4) is 0 Å². The quantitative estimate of drug-likeness (QED) is 0.539. The molecule has 2 aromatic heterocycles. The van der Waals surface area contributed by atoms with Gasteiger partial charge in [0.2, 0.25) is 5.43 Å². The number of hydrogen-bond acceptors (Lipinski definition) is 4. The van der Waals surface area contributed by atoms with Gasteiger partial charge in [0, 0.05) is 23.3 Å². The number of aromatic amines is 1. The Morgan fingerprint density at radius 2 is 1.83 bits per heavy atom. The summed E-state index contributed by atoms with van der Waals surface area (Å²) < 4.78 is 5.80. The normalized spacial score (nSPS) is 11.8. The summed E-state index contributed by atoms with van der Waals surface area (Å²) in [6.07, 6.45) is 3.10. The zero-order valence-electron chi connectivity index (χ0n) is 15.8. The summed E-state index contributed by atoms with van der Waals surface area (Å²) in [6.45, 7) is 1.82. The maximum absolute atomic E-state index is 12.9. The van der Waals surface area contributed by atoms with Crippen molar-refractivity contribution in [3.05, 3.63) is 101 Å². The number of nitrogens with zero attached hydrogens (tertiary/aromatic N) is 1. The Hall–Kier alpha value is -3.93. The molecule has 144 valence electrons. The molecule has 2 heterocycles. The average molecular weight is 385 g/mol. The number of H-pyrrole nitrogens is 1. The van der Waals surface area contributed by atoms with E-state index in [0.717, 1.165) is 5.69 Å². The lowest BCUT2D eigenvalue weighted by atomic mass is 10.1. The fraction of sp³-hybridized carbons (Fsp3) is 0.0870. The van der Waals surface area contributed by atoms with Crippen LogP contribution in [0.1, 0.15) is 29.0 Å². The Morgan fingerprint density at radius 3 is 2.59 bits per heavy atom. The van der Waals surface area contributed by atoms with Gasteiger partial charge in [0.25, 0.3) is 5.91 Å². The minimum Gasteiger partial charge on any atom is -0.457 e. The smallest absolute Gasteiger partial charge is 0.257 e. The molecule has 2 N–H and O–H groups in total. The standard InChI is InChI=1S/C23H19N3O3/c1-15(20-9-5-6-12-24-20)26-23(28)19-14-25-21-11-10-17(13-18(21)22(19)27)29-16-7-3-2-4-8-16/h2-15H,1H3,(H,25,27)(H,26,28). The van der Waals surface area contributed by atoms with E-state index in [1.54, 1.807) is 30.5 Å². The van der Waals surface area contributed by atoms with E-state index in [1.165, 1.54) is 6.20 Å². The average Bonchev–Trinajstić information content (AvgIpc) is 2.75. The molecule has 0 aliphatic heterocycles. The molecule has 6 nitrogen and oxygen atoms in total. The molecule has 0 saturated carbocycles. The molecule has 2 aromatic carbocycles. The number of rotatable bonds is 5. The van der Waals surface area contributed by atoms with Gasteiger partial charge in [-0.1, -0.05) is 24.3 Å². The van der Waals surface area contributed by atoms with Gasteiger partial charge in [-0.25, -0.2) is 0 Å². The van der Waals surface area contributed by atoms with Crippen molar-refractivity contribution in [1.29, 1.82) is 0 Å². The molecular formula is C23H19N3O3. The monoisotopic (exact) mass is 385 g/mol. The third-order valence-corrected chi connectivity index (χ3v) is 4.55. The van der Waals surface area contributed by atoms with Crippen LogP contribution in [-0.4, -0.2) is 15.9 Å². The SMILES string of the molecule is CC(NC(=O)c1c[nH]c2ccc(Oc3ccccc3)cc2c1=O)c1ccccn1. The van der Waals surface area contributed by atoms with Gasteiger partial charge in [-0.15, -0.1) is 0 Å². The molecule has 0 fully saturated rings. The molecule has 0 aliphatic carbocycles. The van der Waals surface area contributed by atoms with Crippen LogP contribution < -0.4 is 15.5 Å². The summed E-state index contributed by atoms with van der Waals surface area (Å²) in [7, 11) is 0. The molecule has 1 amide bonds. The molecule has 29 heavy (non-hydrogen) atoms. The zero-order valence-corrected chi connectivity index (χ0v) is 15.8. The van der Waals surface area contributed by atoms with E-state index < -0.39 is 5.91 Å². The molecular weight excluding hydrogens is 366 g/mol. The van der Waals surface area contributed by atoms with Gasteiger partial charge in [0.15, 0.2) is 0 Å². The number of para-hydroxylation sites is 1. The van der Waals surface area contributed by atoms with Crippen LogP contribution in [-0.2, 0) is 0 Å². The van der Waals surface area contributed by atoms with Gasteiger partial charge >= 0.3 is 0 Å². The topological polar surface area (TPSA) is 84.1 Å². The number of amides is 1. The molecule has 6 heteroatoms. The first kappa shape index (κ1) is 18.4. The zero-order chi connectivity index (χ0) is 20.2. The fourth-order valence-corrected chi connectivity index (χ4v) is 3.03. The molecule has 0 bridgehead atoms. The van der Waals surface area contributed by atoms with E-state index in [4.69, 9.17) is 4.74 Å². The number of pyridine rings is 2. The van der Waals surface area contributed by atoms with Gasteiger partial charge in [0.05, 0.1) is 11.7 Å². The van der Waals surface area contributed by atoms with Crippen molar-refractivity contribution in [2.75, 3.05) is 0 Å². The van der Waals surface area contributed by atoms with E-state index >= 15 is 0 Å². The Bertz CT molecular complexity index is 1200. The summed E-state index contributed by atoms with van der Waals surface area (Å²) in [5.74, 6) is 0.732. The van der Waals surface area contributed by atoms with E-state index in [-0.39, 0.29) is 17.0 Å². The molecule has 1 unspecified atom stereocenters. The first-order chi connectivity index (χ1) is 14.1. The molecule has 4 aromatic rings. The maximum atomic E-state index is 12.9. The van der Waals surface area contributed by atoms with E-state index in [1.807, 2.05) is 49.4 Å². The summed E-state index contributed by atoms with van der Waals surface area (Å²) in [5, 5.41) is 3.21. The predicted octanol–water partition coefficient (Wildman–Crippen LogP) is 4.21. The molecule has 0 aliphatic rings. The lowest BCUT2D eigenvalue weighted by molar-refractivity contribution is 0.0938. The second kappa shape index (κ2) is 7.98. The van der Waals surface area contributed by atoms with Gasteiger partial charge < -0.3 is 15.0 Å². The molecule has 0 saturated heterocycles. The first-order valence-corrected chi connectivity index (χ1v) is 9.22. The van der Waals surface area contributed by atoms with Crippen LogP contribution in [0.2, 0.25) is 0 Å². The van der Waals surface area contributed by atoms with Gasteiger partial charge in [-0.05, 0) is 49.4 Å². The fourth-order valence-electron chi connectivity index (χ4n) is 3.03. The predicted molar refractivity (Wildman–Crippen MR) is 111 cm³/mol. The Morgan fingerprint density at radius 1 is 1.03 bits per heavy atom. The molecule has 4 rings (SSSR count). The highest BCUT2D eigenvalue weighted by Gasteiger charge is 2.17. The number of carbonyl (C=O) groups excluding carboxylic acids is 1. The number of aromatic nitrogens is 2. The Labute approximate surface area is 167 Å². The van der Waals surface area contributed by atoms with Crippen LogP contribution in [0.15, 0.2) is 83.9 Å². The molecule has 0 spiro atoms. The minimum atomic E-state index is -0.458. The van der Waals surface area contributed by atoms with Crippen molar-refractivity contribution < 1.29 is 9.53 Å². The number of hydrogen-bond donors (Lipinski definition) is 2. The highest BCUT2D eigenvalue weighted by atomic mass is 16.5. The number of nitrogens with one attached hydrogen (secondary N) is 2. The van der Waals surface area contributed by atoms with Crippen LogP contribution in [0.5, 0.6) is 11.5 Å². The van der Waals surface area contributed by atoms with Crippen LogP contribution >= 0.6 is 0 Å². The van der Waals surface area contributed by atoms with Gasteiger partial charge in [0.1, 0.15) is 17.1 Å². The second-order valence-corrected chi connectivity index (χ2v) is 6.60. The van der Waals surface area contributed by atoms with Crippen molar-refractivity contribution in [2.24, 2.45) is 0 Å². The Balaban J connectivity index is 1.62. The molecule has 1 atom stereocenters. The minimum absolute atomic E-state index is 0.0390. The summed E-state index contributed by atoms with van der Waals surface area (Å²) >= 11 is 0. The second-order valence-electron chi connectivity index (χ2n) is 6.60. The van der Waals surface area contributed by atoms with Crippen LogP contribution in [0.25, 0.3) is 10.9 Å². The molecule has 0 radical (unpaired) electrons. The lowest BCUT2D eigenvalue weighted by Gasteiger charge is -2.13. The lowest BCUT2D eigenvalue weighted by Crippen LogP contribution is -2.31. The van der Waals surface area contributed by atoms with Crippen molar-refractivity contribution in [3.8, 4) is 11.5 Å². The van der Waals surface area contributed by atoms with Crippen LogP contribution in [0.4, 0.5) is 0 Å². The summed E-state index contributed by atoms with van der Waals surface area (Å²) in [6, 6.07) is 19.6. The number of fused-ring (bicyclic) bond motifs is 1. The van der Waals surface area contributed by atoms with Gasteiger partial charge in [-0.3, -0.25) is 14.6 Å². The van der Waals surface area contributed by atoms with Crippen molar-refractivity contribution >= 4 is 16.8 Å². The van der Waals surface area contributed by atoms with Crippen molar-refractivity contribution in [2.45, 2.75) is 13.0 Å². The largest absolute Gasteiger partial charge is 0.457 e. The maximum Gasteiger partial charge on any atom is 0.257 e. The Kier molecular flexibility index (Phi) is 5.07. The highest BCUT2D eigenvalue weighted by molar-refractivity contribution is 5.97. The number of carbonyl (C=O) groups is 1. The van der Waals surface area contributed by atoms with Crippen molar-refractivity contribution in [3.63, 3.8) is 0 Å². The van der Waals surface area contributed by atoms with E-state index in [9.17, 15) is 9.59 Å². The number of ether oxygens (including phenoxy) is 1. The highest BCUT2D eigenvalue weighted by Crippen LogP contribution is 2.23.